The predicted octanol–water partition coefficient (Wildman–Crippen LogP) is 2.17. The quantitative estimate of drug-likeness (QED) is 0.762. The Hall–Kier alpha value is -2.01. The largest absolute Gasteiger partial charge is 0.497 e. The van der Waals surface area contributed by atoms with E-state index in [-0.39, 0.29) is 5.91 Å². The summed E-state index contributed by atoms with van der Waals surface area (Å²) in [4.78, 5) is 15.2. The fourth-order valence-corrected chi connectivity index (χ4v) is 2.32. The zero-order chi connectivity index (χ0) is 15.4. The molecule has 0 aliphatic carbocycles. The van der Waals surface area contributed by atoms with Gasteiger partial charge in [0.2, 0.25) is 5.91 Å². The molecular formula is C16H23N3O2. The van der Waals surface area contributed by atoms with Gasteiger partial charge in [0, 0.05) is 16.6 Å². The van der Waals surface area contributed by atoms with Gasteiger partial charge in [0.15, 0.2) is 0 Å². The molecule has 1 amide bonds. The first-order valence-corrected chi connectivity index (χ1v) is 7.18. The second kappa shape index (κ2) is 6.63. The number of benzene rings is 1. The van der Waals surface area contributed by atoms with Gasteiger partial charge >= 0.3 is 0 Å². The first-order valence-electron chi connectivity index (χ1n) is 7.18. The number of amides is 1. The van der Waals surface area contributed by atoms with E-state index in [0.29, 0.717) is 18.9 Å². The molecule has 1 aromatic carbocycles. The van der Waals surface area contributed by atoms with Gasteiger partial charge in [-0.2, -0.15) is 0 Å². The zero-order valence-corrected chi connectivity index (χ0v) is 12.8. The van der Waals surface area contributed by atoms with Gasteiger partial charge < -0.3 is 20.8 Å². The molecule has 0 fully saturated rings. The smallest absolute Gasteiger partial charge is 0.237 e. The van der Waals surface area contributed by atoms with E-state index in [1.54, 1.807) is 7.11 Å². The van der Waals surface area contributed by atoms with Crippen LogP contribution in [0.5, 0.6) is 5.75 Å². The number of carbonyl (C=O) groups is 1. The molecule has 5 nitrogen and oxygen atoms in total. The molecule has 0 aliphatic heterocycles. The number of hydrogen-bond donors (Lipinski definition) is 3. The molecule has 2 aromatic rings. The van der Waals surface area contributed by atoms with E-state index < -0.39 is 6.04 Å². The van der Waals surface area contributed by atoms with Crippen molar-refractivity contribution in [3.8, 4) is 5.75 Å². The summed E-state index contributed by atoms with van der Waals surface area (Å²) in [7, 11) is 1.64. The standard InChI is InChI=1S/C16H23N3O2/c1-10(2)6-14(17)16(20)18-9-12-7-11-8-13(21-3)4-5-15(11)19-12/h4-5,7-8,10,14,19H,6,9,17H2,1-3H3,(H,18,20)/t14-/m1/s1. The van der Waals surface area contributed by atoms with Crippen molar-refractivity contribution >= 4 is 16.8 Å². The third kappa shape index (κ3) is 3.98. The summed E-state index contributed by atoms with van der Waals surface area (Å²) in [5.74, 6) is 1.11. The summed E-state index contributed by atoms with van der Waals surface area (Å²) in [5.41, 5.74) is 7.82. The van der Waals surface area contributed by atoms with Crippen LogP contribution >= 0.6 is 0 Å². The minimum absolute atomic E-state index is 0.111. The van der Waals surface area contributed by atoms with Gasteiger partial charge in [-0.15, -0.1) is 0 Å². The molecule has 0 bridgehead atoms. The van der Waals surface area contributed by atoms with E-state index in [4.69, 9.17) is 10.5 Å². The lowest BCUT2D eigenvalue weighted by atomic mass is 10.0. The van der Waals surface area contributed by atoms with Crippen LogP contribution in [0.2, 0.25) is 0 Å². The molecule has 1 heterocycles. The number of hydrogen-bond acceptors (Lipinski definition) is 3. The number of ether oxygens (including phenoxy) is 1. The van der Waals surface area contributed by atoms with Crippen LogP contribution in [-0.4, -0.2) is 24.0 Å². The summed E-state index contributed by atoms with van der Waals surface area (Å²) >= 11 is 0. The summed E-state index contributed by atoms with van der Waals surface area (Å²) < 4.78 is 5.20. The second-order valence-electron chi connectivity index (χ2n) is 5.70. The Kier molecular flexibility index (Phi) is 4.85. The Morgan fingerprint density at radius 2 is 2.14 bits per heavy atom. The Morgan fingerprint density at radius 1 is 1.38 bits per heavy atom. The van der Waals surface area contributed by atoms with Gasteiger partial charge in [0.05, 0.1) is 19.7 Å². The van der Waals surface area contributed by atoms with E-state index in [2.05, 4.69) is 24.1 Å². The van der Waals surface area contributed by atoms with Crippen LogP contribution in [0.4, 0.5) is 0 Å². The lowest BCUT2D eigenvalue weighted by Crippen LogP contribution is -2.41. The zero-order valence-electron chi connectivity index (χ0n) is 12.8. The van der Waals surface area contributed by atoms with Crippen LogP contribution < -0.4 is 15.8 Å². The number of nitrogens with one attached hydrogen (secondary N) is 2. The first-order chi connectivity index (χ1) is 9.99. The van der Waals surface area contributed by atoms with Crippen LogP contribution in [0.1, 0.15) is 26.0 Å². The maximum Gasteiger partial charge on any atom is 0.237 e. The molecule has 1 atom stereocenters. The molecule has 1 aromatic heterocycles. The van der Waals surface area contributed by atoms with Gasteiger partial charge in [-0.05, 0) is 36.6 Å². The average molecular weight is 289 g/mol. The Balaban J connectivity index is 1.98. The number of aromatic amines is 1. The third-order valence-corrected chi connectivity index (χ3v) is 3.40. The maximum atomic E-state index is 11.9. The number of fused-ring (bicyclic) bond motifs is 1. The Bertz CT molecular complexity index is 619. The number of nitrogens with two attached hydrogens (primary N) is 1. The third-order valence-electron chi connectivity index (χ3n) is 3.40. The van der Waals surface area contributed by atoms with Crippen LogP contribution in [-0.2, 0) is 11.3 Å². The molecule has 0 spiro atoms. The van der Waals surface area contributed by atoms with Gasteiger partial charge in [-0.25, -0.2) is 0 Å². The number of H-pyrrole nitrogens is 1. The summed E-state index contributed by atoms with van der Waals surface area (Å²) in [5, 5.41) is 3.93. The van der Waals surface area contributed by atoms with E-state index >= 15 is 0 Å². The SMILES string of the molecule is COc1ccc2[nH]c(CNC(=O)[C@H](N)CC(C)C)cc2c1. The number of carbonyl (C=O) groups excluding carboxylic acids is 1. The van der Waals surface area contributed by atoms with Crippen molar-refractivity contribution in [2.24, 2.45) is 11.7 Å². The minimum Gasteiger partial charge on any atom is -0.497 e. The van der Waals surface area contributed by atoms with Crippen molar-refractivity contribution < 1.29 is 9.53 Å². The first kappa shape index (κ1) is 15.4. The fraction of sp³-hybridized carbons (Fsp3) is 0.438. The van der Waals surface area contributed by atoms with Gasteiger partial charge in [0.1, 0.15) is 5.75 Å². The van der Waals surface area contributed by atoms with Crippen molar-refractivity contribution in [1.82, 2.24) is 10.3 Å². The normalized spacial score (nSPS) is 12.6. The molecular weight excluding hydrogens is 266 g/mol. The van der Waals surface area contributed by atoms with Crippen molar-refractivity contribution in [3.63, 3.8) is 0 Å². The van der Waals surface area contributed by atoms with Crippen molar-refractivity contribution in [1.29, 1.82) is 0 Å². The summed E-state index contributed by atoms with van der Waals surface area (Å²) in [6, 6.07) is 7.38. The van der Waals surface area contributed by atoms with Crippen molar-refractivity contribution in [2.45, 2.75) is 32.9 Å². The second-order valence-corrected chi connectivity index (χ2v) is 5.70. The number of aromatic nitrogens is 1. The van der Waals surface area contributed by atoms with Crippen LogP contribution in [0.15, 0.2) is 24.3 Å². The predicted molar refractivity (Wildman–Crippen MR) is 84.1 cm³/mol. The lowest BCUT2D eigenvalue weighted by molar-refractivity contribution is -0.122. The topological polar surface area (TPSA) is 80.1 Å². The molecule has 21 heavy (non-hydrogen) atoms. The molecule has 0 aliphatic rings. The van der Waals surface area contributed by atoms with Gasteiger partial charge in [0.25, 0.3) is 0 Å². The fourth-order valence-electron chi connectivity index (χ4n) is 2.32. The van der Waals surface area contributed by atoms with E-state index in [1.165, 1.54) is 0 Å². The van der Waals surface area contributed by atoms with E-state index in [1.807, 2.05) is 24.3 Å². The van der Waals surface area contributed by atoms with Crippen molar-refractivity contribution in [3.05, 3.63) is 30.0 Å². The molecule has 0 saturated heterocycles. The molecule has 114 valence electrons. The highest BCUT2D eigenvalue weighted by molar-refractivity contribution is 5.83. The summed E-state index contributed by atoms with van der Waals surface area (Å²) in [6.07, 6.45) is 0.690. The highest BCUT2D eigenvalue weighted by atomic mass is 16.5. The molecule has 5 heteroatoms. The van der Waals surface area contributed by atoms with Crippen LogP contribution in [0, 0.1) is 5.92 Å². The van der Waals surface area contributed by atoms with E-state index in [9.17, 15) is 4.79 Å². The molecule has 2 rings (SSSR count). The van der Waals surface area contributed by atoms with E-state index in [0.717, 1.165) is 22.3 Å². The highest BCUT2D eigenvalue weighted by Crippen LogP contribution is 2.21. The maximum absolute atomic E-state index is 11.9. The van der Waals surface area contributed by atoms with Gasteiger partial charge in [-0.3, -0.25) is 4.79 Å². The molecule has 4 N–H and O–H groups in total. The van der Waals surface area contributed by atoms with Gasteiger partial charge in [-0.1, -0.05) is 13.8 Å². The van der Waals surface area contributed by atoms with Crippen molar-refractivity contribution in [2.75, 3.05) is 7.11 Å². The molecule has 0 saturated carbocycles. The monoisotopic (exact) mass is 289 g/mol. The Morgan fingerprint density at radius 3 is 2.81 bits per heavy atom. The Labute approximate surface area is 124 Å². The average Bonchev–Trinajstić information content (AvgIpc) is 2.85. The number of rotatable bonds is 6. The summed E-state index contributed by atoms with van der Waals surface area (Å²) in [6.45, 7) is 4.55. The highest BCUT2D eigenvalue weighted by Gasteiger charge is 2.14. The molecule has 0 unspecified atom stereocenters. The minimum atomic E-state index is -0.450. The molecule has 0 radical (unpaired) electrons. The lowest BCUT2D eigenvalue weighted by Gasteiger charge is -2.13. The van der Waals surface area contributed by atoms with Crippen LogP contribution in [0.3, 0.4) is 0 Å². The van der Waals surface area contributed by atoms with Crippen LogP contribution in [0.25, 0.3) is 10.9 Å². The number of methoxy groups -OCH3 is 1.